The number of nitrogens with zero attached hydrogens (tertiary/aromatic N) is 1. The van der Waals surface area contributed by atoms with Crippen LogP contribution in [-0.4, -0.2) is 36.5 Å². The Morgan fingerprint density at radius 2 is 2.10 bits per heavy atom. The monoisotopic (exact) mass is 289 g/mol. The van der Waals surface area contributed by atoms with Crippen LogP contribution in [0.3, 0.4) is 0 Å². The summed E-state index contributed by atoms with van der Waals surface area (Å²) in [6.07, 6.45) is 2.05. The second-order valence-electron chi connectivity index (χ2n) is 5.44. The Bertz CT molecular complexity index is 530. The molecule has 0 aromatic heterocycles. The van der Waals surface area contributed by atoms with Crippen molar-refractivity contribution in [1.29, 1.82) is 0 Å². The first kappa shape index (κ1) is 15.5. The van der Waals surface area contributed by atoms with Crippen LogP contribution in [0.25, 0.3) is 0 Å². The third-order valence-electron chi connectivity index (χ3n) is 4.16. The number of amides is 3. The molecule has 0 saturated heterocycles. The summed E-state index contributed by atoms with van der Waals surface area (Å²) in [7, 11) is 1.94. The Labute approximate surface area is 125 Å². The third kappa shape index (κ3) is 3.42. The zero-order valence-corrected chi connectivity index (χ0v) is 12.8. The smallest absolute Gasteiger partial charge is 0.321 e. The van der Waals surface area contributed by atoms with Crippen LogP contribution in [0.15, 0.2) is 24.3 Å². The molecule has 0 radical (unpaired) electrons. The molecule has 0 heterocycles. The van der Waals surface area contributed by atoms with E-state index in [0.717, 1.165) is 12.8 Å². The fourth-order valence-electron chi connectivity index (χ4n) is 2.83. The summed E-state index contributed by atoms with van der Waals surface area (Å²) in [6, 6.07) is 7.78. The second-order valence-corrected chi connectivity index (χ2v) is 5.44. The molecule has 2 atom stereocenters. The van der Waals surface area contributed by atoms with Crippen LogP contribution < -0.4 is 10.6 Å². The predicted molar refractivity (Wildman–Crippen MR) is 81.9 cm³/mol. The van der Waals surface area contributed by atoms with Crippen molar-refractivity contribution in [2.24, 2.45) is 0 Å². The minimum absolute atomic E-state index is 0.233. The lowest BCUT2D eigenvalue weighted by atomic mass is 10.1. The van der Waals surface area contributed by atoms with Crippen molar-refractivity contribution in [2.45, 2.75) is 38.8 Å². The third-order valence-corrected chi connectivity index (χ3v) is 4.16. The van der Waals surface area contributed by atoms with Gasteiger partial charge < -0.3 is 5.32 Å². The van der Waals surface area contributed by atoms with Crippen molar-refractivity contribution in [2.75, 3.05) is 13.6 Å². The molecule has 0 saturated carbocycles. The lowest BCUT2D eigenvalue weighted by Gasteiger charge is -2.30. The Balaban J connectivity index is 2.02. The zero-order valence-electron chi connectivity index (χ0n) is 12.8. The SMILES string of the molecule is CCNC(=O)NC(=O)C(C)N(C)C1CCc2ccccc21. The fraction of sp³-hybridized carbons (Fsp3) is 0.500. The average Bonchev–Trinajstić information content (AvgIpc) is 2.89. The van der Waals surface area contributed by atoms with Gasteiger partial charge in [-0.3, -0.25) is 15.0 Å². The minimum Gasteiger partial charge on any atom is -0.338 e. The van der Waals surface area contributed by atoms with Gasteiger partial charge in [0.25, 0.3) is 0 Å². The molecule has 1 aromatic rings. The van der Waals surface area contributed by atoms with Gasteiger partial charge in [-0.25, -0.2) is 4.79 Å². The molecule has 0 spiro atoms. The van der Waals surface area contributed by atoms with Gasteiger partial charge in [0.1, 0.15) is 0 Å². The van der Waals surface area contributed by atoms with E-state index in [1.165, 1.54) is 11.1 Å². The van der Waals surface area contributed by atoms with Crippen molar-refractivity contribution in [1.82, 2.24) is 15.5 Å². The lowest BCUT2D eigenvalue weighted by Crippen LogP contribution is -2.49. The van der Waals surface area contributed by atoms with E-state index in [2.05, 4.69) is 22.8 Å². The number of urea groups is 1. The number of nitrogens with one attached hydrogen (secondary N) is 2. The van der Waals surface area contributed by atoms with Crippen LogP contribution in [-0.2, 0) is 11.2 Å². The van der Waals surface area contributed by atoms with E-state index in [9.17, 15) is 9.59 Å². The normalized spacial score (nSPS) is 18.2. The molecule has 21 heavy (non-hydrogen) atoms. The topological polar surface area (TPSA) is 61.4 Å². The molecule has 2 N–H and O–H groups in total. The first-order valence-corrected chi connectivity index (χ1v) is 7.43. The van der Waals surface area contributed by atoms with Gasteiger partial charge in [-0.05, 0) is 44.9 Å². The highest BCUT2D eigenvalue weighted by Crippen LogP contribution is 2.35. The molecule has 1 aliphatic rings. The maximum atomic E-state index is 12.1. The van der Waals surface area contributed by atoms with E-state index in [4.69, 9.17) is 0 Å². The summed E-state index contributed by atoms with van der Waals surface area (Å²) in [5.41, 5.74) is 2.64. The standard InChI is InChI=1S/C16H23N3O2/c1-4-17-16(21)18-15(20)11(2)19(3)14-10-9-12-7-5-6-8-13(12)14/h5-8,11,14H,4,9-10H2,1-3H3,(H2,17,18,20,21). The van der Waals surface area contributed by atoms with E-state index < -0.39 is 6.03 Å². The maximum Gasteiger partial charge on any atom is 0.321 e. The molecule has 0 bridgehead atoms. The Morgan fingerprint density at radius 1 is 1.38 bits per heavy atom. The van der Waals surface area contributed by atoms with Crippen molar-refractivity contribution in [3.63, 3.8) is 0 Å². The van der Waals surface area contributed by atoms with E-state index in [1.54, 1.807) is 0 Å². The quantitative estimate of drug-likeness (QED) is 0.889. The van der Waals surface area contributed by atoms with Crippen molar-refractivity contribution in [3.8, 4) is 0 Å². The van der Waals surface area contributed by atoms with Gasteiger partial charge in [-0.1, -0.05) is 24.3 Å². The van der Waals surface area contributed by atoms with E-state index >= 15 is 0 Å². The van der Waals surface area contributed by atoms with Gasteiger partial charge in [0.15, 0.2) is 0 Å². The largest absolute Gasteiger partial charge is 0.338 e. The first-order chi connectivity index (χ1) is 10.0. The number of likely N-dealkylation sites (N-methyl/N-ethyl adjacent to an activating group) is 1. The average molecular weight is 289 g/mol. The van der Waals surface area contributed by atoms with Crippen molar-refractivity contribution < 1.29 is 9.59 Å². The summed E-state index contributed by atoms with van der Waals surface area (Å²) >= 11 is 0. The number of hydrogen-bond acceptors (Lipinski definition) is 3. The molecule has 3 amide bonds. The predicted octanol–water partition coefficient (Wildman–Crippen LogP) is 1.84. The molecule has 2 unspecified atom stereocenters. The van der Waals surface area contributed by atoms with Crippen molar-refractivity contribution >= 4 is 11.9 Å². The zero-order chi connectivity index (χ0) is 15.4. The molecule has 5 heteroatoms. The number of benzene rings is 1. The summed E-state index contributed by atoms with van der Waals surface area (Å²) in [5, 5.41) is 4.94. The number of aryl methyl sites for hydroxylation is 1. The minimum atomic E-state index is -0.436. The molecule has 1 aliphatic carbocycles. The van der Waals surface area contributed by atoms with E-state index in [-0.39, 0.29) is 18.0 Å². The van der Waals surface area contributed by atoms with Gasteiger partial charge in [0.2, 0.25) is 5.91 Å². The number of carbonyl (C=O) groups excluding carboxylic acids is 2. The molecule has 114 valence electrons. The molecule has 5 nitrogen and oxygen atoms in total. The number of carbonyl (C=O) groups is 2. The van der Waals surface area contributed by atoms with Crippen LogP contribution >= 0.6 is 0 Å². The van der Waals surface area contributed by atoms with Crippen LogP contribution in [0.5, 0.6) is 0 Å². The van der Waals surface area contributed by atoms with E-state index in [1.807, 2.05) is 37.9 Å². The molecule has 1 aromatic carbocycles. The van der Waals surface area contributed by atoms with E-state index in [0.29, 0.717) is 6.54 Å². The first-order valence-electron chi connectivity index (χ1n) is 7.43. The molecule has 2 rings (SSSR count). The number of rotatable bonds is 4. The van der Waals surface area contributed by atoms with Gasteiger partial charge in [0.05, 0.1) is 6.04 Å². The number of imide groups is 1. The molecular weight excluding hydrogens is 266 g/mol. The maximum absolute atomic E-state index is 12.1. The van der Waals surface area contributed by atoms with Crippen LogP contribution in [0.4, 0.5) is 4.79 Å². The Kier molecular flexibility index (Phi) is 4.96. The summed E-state index contributed by atoms with van der Waals surface area (Å²) in [4.78, 5) is 25.6. The Morgan fingerprint density at radius 3 is 2.81 bits per heavy atom. The number of hydrogen-bond donors (Lipinski definition) is 2. The fourth-order valence-corrected chi connectivity index (χ4v) is 2.83. The Hall–Kier alpha value is -1.88. The summed E-state index contributed by atoms with van der Waals surface area (Å²) in [5.74, 6) is -0.271. The second kappa shape index (κ2) is 6.72. The molecule has 0 fully saturated rings. The van der Waals surface area contributed by atoms with Gasteiger partial charge in [-0.15, -0.1) is 0 Å². The van der Waals surface area contributed by atoms with Gasteiger partial charge in [0, 0.05) is 12.6 Å². The van der Waals surface area contributed by atoms with Crippen LogP contribution in [0.1, 0.15) is 37.4 Å². The van der Waals surface area contributed by atoms with Crippen LogP contribution in [0.2, 0.25) is 0 Å². The highest BCUT2D eigenvalue weighted by Gasteiger charge is 2.31. The summed E-state index contributed by atoms with van der Waals surface area (Å²) in [6.45, 7) is 4.14. The molecular formula is C16H23N3O2. The highest BCUT2D eigenvalue weighted by atomic mass is 16.2. The van der Waals surface area contributed by atoms with Crippen molar-refractivity contribution in [3.05, 3.63) is 35.4 Å². The highest BCUT2D eigenvalue weighted by molar-refractivity contribution is 5.96. The summed E-state index contributed by atoms with van der Waals surface area (Å²) < 4.78 is 0. The number of fused-ring (bicyclic) bond motifs is 1. The molecule has 0 aliphatic heterocycles. The lowest BCUT2D eigenvalue weighted by molar-refractivity contribution is -0.125. The van der Waals surface area contributed by atoms with Crippen LogP contribution in [0, 0.1) is 0 Å². The van der Waals surface area contributed by atoms with Gasteiger partial charge >= 0.3 is 6.03 Å². The van der Waals surface area contributed by atoms with Gasteiger partial charge in [-0.2, -0.15) is 0 Å².